The van der Waals surface area contributed by atoms with E-state index in [2.05, 4.69) is 15.9 Å². The van der Waals surface area contributed by atoms with Crippen LogP contribution in [0.2, 0.25) is 0 Å². The fraction of sp³-hybridized carbons (Fsp3) is 0.417. The van der Waals surface area contributed by atoms with Crippen LogP contribution in [0.25, 0.3) is 0 Å². The molecule has 104 valence electrons. The maximum Gasteiger partial charge on any atom is 0.322 e. The Balaban J connectivity index is 2.48. The van der Waals surface area contributed by atoms with Gasteiger partial charge in [0, 0.05) is 11.0 Å². The lowest BCUT2D eigenvalue weighted by Crippen LogP contribution is -2.40. The highest BCUT2D eigenvalue weighted by Crippen LogP contribution is 2.31. The standard InChI is InChI=1S/C12H14BrNO4S/c1-8-4-2-6-10(11(8)13)19(17,18)14-7-3-5-9(14)12(15)16/h2,4,6,9H,3,5,7H2,1H3,(H,15,16)/t9-/m0/s1. The summed E-state index contributed by atoms with van der Waals surface area (Å²) in [6.07, 6.45) is 0.928. The van der Waals surface area contributed by atoms with Crippen molar-refractivity contribution in [2.24, 2.45) is 0 Å². The van der Waals surface area contributed by atoms with Crippen LogP contribution in [-0.4, -0.2) is 36.4 Å². The van der Waals surface area contributed by atoms with E-state index in [4.69, 9.17) is 5.11 Å². The summed E-state index contributed by atoms with van der Waals surface area (Å²) in [7, 11) is -3.78. The number of nitrogens with zero attached hydrogens (tertiary/aromatic N) is 1. The maximum absolute atomic E-state index is 12.6. The minimum atomic E-state index is -3.78. The molecule has 0 bridgehead atoms. The first kappa shape index (κ1) is 14.5. The number of carboxylic acid groups (broad SMARTS) is 1. The molecule has 0 amide bonds. The molecule has 1 aromatic carbocycles. The largest absolute Gasteiger partial charge is 0.480 e. The molecule has 1 aliphatic rings. The SMILES string of the molecule is Cc1cccc(S(=O)(=O)N2CCC[C@H]2C(=O)O)c1Br. The van der Waals surface area contributed by atoms with E-state index < -0.39 is 22.0 Å². The Hall–Kier alpha value is -0.920. The van der Waals surface area contributed by atoms with E-state index in [1.54, 1.807) is 19.1 Å². The fourth-order valence-corrected chi connectivity index (χ4v) is 4.89. The van der Waals surface area contributed by atoms with Crippen LogP contribution in [0, 0.1) is 6.92 Å². The average Bonchev–Trinajstić information content (AvgIpc) is 2.82. The first-order chi connectivity index (χ1) is 8.85. The minimum Gasteiger partial charge on any atom is -0.480 e. The number of aryl methyl sites for hydroxylation is 1. The molecule has 1 N–H and O–H groups in total. The molecule has 5 nitrogen and oxygen atoms in total. The van der Waals surface area contributed by atoms with Crippen LogP contribution in [0.5, 0.6) is 0 Å². The fourth-order valence-electron chi connectivity index (χ4n) is 2.22. The third-order valence-electron chi connectivity index (χ3n) is 3.23. The Morgan fingerprint density at radius 1 is 1.47 bits per heavy atom. The van der Waals surface area contributed by atoms with Crippen LogP contribution in [0.1, 0.15) is 18.4 Å². The van der Waals surface area contributed by atoms with E-state index in [1.165, 1.54) is 6.07 Å². The second-order valence-corrected chi connectivity index (χ2v) is 7.15. The summed E-state index contributed by atoms with van der Waals surface area (Å²) in [6.45, 7) is 2.04. The molecule has 0 saturated carbocycles. The Kier molecular flexibility index (Phi) is 3.98. The van der Waals surface area contributed by atoms with Gasteiger partial charge in [-0.1, -0.05) is 12.1 Å². The molecule has 1 atom stereocenters. The Labute approximate surface area is 120 Å². The predicted molar refractivity (Wildman–Crippen MR) is 73.4 cm³/mol. The molecule has 0 spiro atoms. The first-order valence-corrected chi connectivity index (χ1v) is 8.09. The summed E-state index contributed by atoms with van der Waals surface area (Å²) in [5, 5.41) is 9.10. The zero-order chi connectivity index (χ0) is 14.2. The van der Waals surface area contributed by atoms with Crippen LogP contribution in [-0.2, 0) is 14.8 Å². The highest BCUT2D eigenvalue weighted by atomic mass is 79.9. The molecule has 1 saturated heterocycles. The van der Waals surface area contributed by atoms with Gasteiger partial charge in [0.25, 0.3) is 0 Å². The lowest BCUT2D eigenvalue weighted by molar-refractivity contribution is -0.140. The molecule has 1 aliphatic heterocycles. The van der Waals surface area contributed by atoms with Crippen molar-refractivity contribution in [2.45, 2.75) is 30.7 Å². The molecular weight excluding hydrogens is 334 g/mol. The highest BCUT2D eigenvalue weighted by Gasteiger charge is 2.40. The number of rotatable bonds is 3. The molecule has 1 fully saturated rings. The first-order valence-electron chi connectivity index (χ1n) is 5.85. The van der Waals surface area contributed by atoms with Crippen LogP contribution in [0.15, 0.2) is 27.6 Å². The summed E-state index contributed by atoms with van der Waals surface area (Å²) in [4.78, 5) is 11.2. The van der Waals surface area contributed by atoms with Gasteiger partial charge in [0.1, 0.15) is 6.04 Å². The second kappa shape index (κ2) is 5.22. The smallest absolute Gasteiger partial charge is 0.322 e. The number of carboxylic acids is 1. The monoisotopic (exact) mass is 347 g/mol. The Morgan fingerprint density at radius 2 is 2.16 bits per heavy atom. The number of carbonyl (C=O) groups is 1. The van der Waals surface area contributed by atoms with E-state index in [9.17, 15) is 13.2 Å². The van der Waals surface area contributed by atoms with Crippen molar-refractivity contribution >= 4 is 31.9 Å². The number of hydrogen-bond donors (Lipinski definition) is 1. The van der Waals surface area contributed by atoms with Crippen LogP contribution in [0.4, 0.5) is 0 Å². The van der Waals surface area contributed by atoms with Gasteiger partial charge in [0.15, 0.2) is 0 Å². The molecule has 0 unspecified atom stereocenters. The molecule has 2 rings (SSSR count). The van der Waals surface area contributed by atoms with Gasteiger partial charge in [-0.2, -0.15) is 4.31 Å². The highest BCUT2D eigenvalue weighted by molar-refractivity contribution is 9.10. The van der Waals surface area contributed by atoms with Crippen molar-refractivity contribution in [2.75, 3.05) is 6.54 Å². The molecular formula is C12H14BrNO4S. The zero-order valence-corrected chi connectivity index (χ0v) is 12.7. The lowest BCUT2D eigenvalue weighted by Gasteiger charge is -2.22. The third kappa shape index (κ3) is 2.54. The van der Waals surface area contributed by atoms with Gasteiger partial charge in [-0.05, 0) is 47.3 Å². The third-order valence-corrected chi connectivity index (χ3v) is 6.50. The van der Waals surface area contributed by atoms with Crippen molar-refractivity contribution < 1.29 is 18.3 Å². The quantitative estimate of drug-likeness (QED) is 0.907. The summed E-state index contributed by atoms with van der Waals surface area (Å²) < 4.78 is 26.7. The topological polar surface area (TPSA) is 74.7 Å². The van der Waals surface area contributed by atoms with Crippen LogP contribution >= 0.6 is 15.9 Å². The lowest BCUT2D eigenvalue weighted by atomic mass is 10.2. The summed E-state index contributed by atoms with van der Waals surface area (Å²) in [5.41, 5.74) is 0.798. The van der Waals surface area contributed by atoms with Crippen LogP contribution < -0.4 is 0 Å². The normalized spacial score (nSPS) is 20.6. The molecule has 0 radical (unpaired) electrons. The Bertz CT molecular complexity index is 614. The number of aliphatic carboxylic acids is 1. The van der Waals surface area contributed by atoms with Crippen molar-refractivity contribution in [1.82, 2.24) is 4.31 Å². The molecule has 0 aromatic heterocycles. The zero-order valence-electron chi connectivity index (χ0n) is 10.3. The number of sulfonamides is 1. The van der Waals surface area contributed by atoms with Gasteiger partial charge in [-0.3, -0.25) is 4.79 Å². The summed E-state index contributed by atoms with van der Waals surface area (Å²) in [6, 6.07) is 3.97. The van der Waals surface area contributed by atoms with Crippen molar-refractivity contribution in [3.8, 4) is 0 Å². The van der Waals surface area contributed by atoms with Crippen LogP contribution in [0.3, 0.4) is 0 Å². The number of hydrogen-bond acceptors (Lipinski definition) is 3. The number of benzene rings is 1. The molecule has 1 aromatic rings. The molecule has 0 aliphatic carbocycles. The maximum atomic E-state index is 12.6. The van der Waals surface area contributed by atoms with E-state index in [1.807, 2.05) is 0 Å². The average molecular weight is 348 g/mol. The van der Waals surface area contributed by atoms with Gasteiger partial charge in [-0.15, -0.1) is 0 Å². The van der Waals surface area contributed by atoms with Gasteiger partial charge in [0.05, 0.1) is 4.90 Å². The predicted octanol–water partition coefficient (Wildman–Crippen LogP) is 2.00. The second-order valence-electron chi connectivity index (χ2n) is 4.50. The van der Waals surface area contributed by atoms with Crippen molar-refractivity contribution in [1.29, 1.82) is 0 Å². The van der Waals surface area contributed by atoms with E-state index in [0.29, 0.717) is 17.3 Å². The van der Waals surface area contributed by atoms with E-state index in [-0.39, 0.29) is 11.4 Å². The number of halogens is 1. The van der Waals surface area contributed by atoms with Crippen molar-refractivity contribution in [3.63, 3.8) is 0 Å². The van der Waals surface area contributed by atoms with Crippen molar-refractivity contribution in [3.05, 3.63) is 28.2 Å². The van der Waals surface area contributed by atoms with Gasteiger partial charge in [0.2, 0.25) is 10.0 Å². The van der Waals surface area contributed by atoms with Gasteiger partial charge in [-0.25, -0.2) is 8.42 Å². The van der Waals surface area contributed by atoms with Gasteiger partial charge >= 0.3 is 5.97 Å². The Morgan fingerprint density at radius 3 is 2.79 bits per heavy atom. The van der Waals surface area contributed by atoms with E-state index in [0.717, 1.165) is 9.87 Å². The molecule has 1 heterocycles. The minimum absolute atomic E-state index is 0.126. The molecule has 7 heteroatoms. The van der Waals surface area contributed by atoms with E-state index >= 15 is 0 Å². The van der Waals surface area contributed by atoms with Gasteiger partial charge < -0.3 is 5.11 Å². The molecule has 19 heavy (non-hydrogen) atoms. The summed E-state index contributed by atoms with van der Waals surface area (Å²) in [5.74, 6) is -1.09. The summed E-state index contributed by atoms with van der Waals surface area (Å²) >= 11 is 3.27.